The highest BCUT2D eigenvalue weighted by Gasteiger charge is 2.37. The first-order chi connectivity index (χ1) is 20.7. The highest BCUT2D eigenvalue weighted by Crippen LogP contribution is 2.36. The predicted molar refractivity (Wildman–Crippen MR) is 161 cm³/mol. The molecular formula is C32H30N2O7S2. The van der Waals surface area contributed by atoms with Crippen LogP contribution in [0.4, 0.5) is 5.13 Å². The fourth-order valence-corrected chi connectivity index (χ4v) is 7.54. The van der Waals surface area contributed by atoms with E-state index >= 15 is 0 Å². The maximum Gasteiger partial charge on any atom is 0.338 e. The van der Waals surface area contributed by atoms with E-state index in [0.29, 0.717) is 58.3 Å². The number of fused-ring (bicyclic) bond motifs is 1. The zero-order chi connectivity index (χ0) is 30.1. The molecule has 2 aliphatic rings. The molecule has 1 N–H and O–H groups in total. The second-order valence-corrected chi connectivity index (χ2v) is 13.9. The van der Waals surface area contributed by atoms with Gasteiger partial charge in [-0.3, -0.25) is 10.1 Å². The Kier molecular flexibility index (Phi) is 8.04. The molecule has 0 aliphatic heterocycles. The standard InChI is InChI=1S/C32H30N2O7S2/c1-19-15-23(9-14-27(19)31(36)39-2)40-28-18-33-32(42-28)34-30(35)29(41-24-16-21-5-3-4-6-22(21)17-24)20-7-10-25(11-8-20)43(37,38)26-12-13-26/h3-11,14-15,18,24,26,29H,12-13,16-17H2,1-2H3,(H,33,34,35). The number of hydrogen-bond donors (Lipinski definition) is 1. The first-order valence-corrected chi connectivity index (χ1v) is 16.3. The number of methoxy groups -OCH3 is 1. The normalized spacial score (nSPS) is 15.5. The van der Waals surface area contributed by atoms with Crippen LogP contribution in [-0.2, 0) is 36.9 Å². The van der Waals surface area contributed by atoms with Gasteiger partial charge in [-0.2, -0.15) is 0 Å². The van der Waals surface area contributed by atoms with E-state index in [1.54, 1.807) is 49.4 Å². The SMILES string of the molecule is COC(=O)c1ccc(Oc2cnc(NC(=O)C(OC3Cc4ccccc4C3)c3ccc(S(=O)(=O)C4CC4)cc3)s2)cc1C. The van der Waals surface area contributed by atoms with E-state index in [1.165, 1.54) is 24.4 Å². The van der Waals surface area contributed by atoms with Crippen LogP contribution in [0.2, 0.25) is 0 Å². The molecule has 1 unspecified atom stereocenters. The Balaban J connectivity index is 1.19. The van der Waals surface area contributed by atoms with E-state index in [4.69, 9.17) is 14.2 Å². The second-order valence-electron chi connectivity index (χ2n) is 10.7. The quantitative estimate of drug-likeness (QED) is 0.221. The van der Waals surface area contributed by atoms with Crippen LogP contribution in [0.25, 0.3) is 0 Å². The lowest BCUT2D eigenvalue weighted by atomic mass is 10.1. The summed E-state index contributed by atoms with van der Waals surface area (Å²) in [6.45, 7) is 1.79. The number of ether oxygens (including phenoxy) is 3. The van der Waals surface area contributed by atoms with Crippen LogP contribution in [0.1, 0.15) is 51.6 Å². The molecule has 222 valence electrons. The van der Waals surface area contributed by atoms with Crippen molar-refractivity contribution in [1.82, 2.24) is 4.98 Å². The van der Waals surface area contributed by atoms with E-state index in [0.717, 1.165) is 11.3 Å². The molecule has 1 aromatic heterocycles. The Morgan fingerprint density at radius 1 is 1.00 bits per heavy atom. The molecule has 0 saturated heterocycles. The zero-order valence-electron chi connectivity index (χ0n) is 23.6. The number of esters is 1. The van der Waals surface area contributed by atoms with Gasteiger partial charge in [0, 0.05) is 0 Å². The average Bonchev–Trinajstić information content (AvgIpc) is 3.66. The number of rotatable bonds is 10. The third-order valence-corrected chi connectivity index (χ3v) is 10.7. The van der Waals surface area contributed by atoms with Crippen molar-refractivity contribution >= 4 is 38.2 Å². The summed E-state index contributed by atoms with van der Waals surface area (Å²) in [7, 11) is -2.03. The molecule has 1 fully saturated rings. The van der Waals surface area contributed by atoms with Gasteiger partial charge < -0.3 is 14.2 Å². The Hall–Kier alpha value is -4.06. The number of carbonyl (C=O) groups is 2. The van der Waals surface area contributed by atoms with Crippen molar-refractivity contribution in [3.63, 3.8) is 0 Å². The molecule has 1 amide bonds. The van der Waals surface area contributed by atoms with E-state index in [-0.39, 0.29) is 16.2 Å². The summed E-state index contributed by atoms with van der Waals surface area (Å²) in [5.41, 5.74) is 4.08. The van der Waals surface area contributed by atoms with E-state index < -0.39 is 27.8 Å². The van der Waals surface area contributed by atoms with Crippen molar-refractivity contribution in [2.24, 2.45) is 0 Å². The number of hydrogen-bond acceptors (Lipinski definition) is 9. The Labute approximate surface area is 253 Å². The highest BCUT2D eigenvalue weighted by atomic mass is 32.2. The van der Waals surface area contributed by atoms with Crippen LogP contribution in [0.15, 0.2) is 77.8 Å². The zero-order valence-corrected chi connectivity index (χ0v) is 25.2. The van der Waals surface area contributed by atoms with Crippen LogP contribution in [0.3, 0.4) is 0 Å². The molecule has 43 heavy (non-hydrogen) atoms. The lowest BCUT2D eigenvalue weighted by Gasteiger charge is -2.22. The molecular weight excluding hydrogens is 588 g/mol. The van der Waals surface area contributed by atoms with Gasteiger partial charge in [-0.15, -0.1) is 0 Å². The molecule has 0 radical (unpaired) electrons. The fourth-order valence-electron chi connectivity index (χ4n) is 5.19. The van der Waals surface area contributed by atoms with Crippen molar-refractivity contribution in [2.45, 2.75) is 55.0 Å². The number of thiazole rings is 1. The number of nitrogens with one attached hydrogen (secondary N) is 1. The number of benzene rings is 3. The lowest BCUT2D eigenvalue weighted by Crippen LogP contribution is -2.28. The van der Waals surface area contributed by atoms with Crippen molar-refractivity contribution in [3.05, 3.63) is 101 Å². The van der Waals surface area contributed by atoms with Crippen LogP contribution in [0, 0.1) is 6.92 Å². The molecule has 0 spiro atoms. The molecule has 3 aromatic carbocycles. The summed E-state index contributed by atoms with van der Waals surface area (Å²) in [6, 6.07) is 19.5. The van der Waals surface area contributed by atoms with Crippen molar-refractivity contribution in [2.75, 3.05) is 12.4 Å². The van der Waals surface area contributed by atoms with Gasteiger partial charge in [0.05, 0.1) is 35.1 Å². The van der Waals surface area contributed by atoms with E-state index in [1.807, 2.05) is 12.1 Å². The first kappa shape index (κ1) is 29.0. The molecule has 1 heterocycles. The van der Waals surface area contributed by atoms with Gasteiger partial charge in [0.2, 0.25) is 5.06 Å². The van der Waals surface area contributed by atoms with Gasteiger partial charge >= 0.3 is 5.97 Å². The Morgan fingerprint density at radius 2 is 1.70 bits per heavy atom. The van der Waals surface area contributed by atoms with Gasteiger partial charge in [0.25, 0.3) is 5.91 Å². The molecule has 11 heteroatoms. The van der Waals surface area contributed by atoms with Crippen LogP contribution in [-0.4, -0.2) is 43.7 Å². The Morgan fingerprint density at radius 3 is 2.33 bits per heavy atom. The van der Waals surface area contributed by atoms with Gasteiger partial charge in [0.1, 0.15) is 5.75 Å². The number of aromatic nitrogens is 1. The molecule has 0 bridgehead atoms. The van der Waals surface area contributed by atoms with Crippen molar-refractivity contribution in [1.29, 1.82) is 0 Å². The summed E-state index contributed by atoms with van der Waals surface area (Å²) < 4.78 is 42.5. The summed E-state index contributed by atoms with van der Waals surface area (Å²) >= 11 is 1.15. The third kappa shape index (κ3) is 6.34. The number of nitrogens with zero attached hydrogens (tertiary/aromatic N) is 1. The summed E-state index contributed by atoms with van der Waals surface area (Å²) in [4.78, 5) is 30.1. The maximum atomic E-state index is 13.6. The summed E-state index contributed by atoms with van der Waals surface area (Å²) in [5, 5.41) is 3.29. The van der Waals surface area contributed by atoms with Crippen molar-refractivity contribution in [3.8, 4) is 10.8 Å². The van der Waals surface area contributed by atoms with Crippen LogP contribution in [0.5, 0.6) is 10.8 Å². The van der Waals surface area contributed by atoms with E-state index in [9.17, 15) is 18.0 Å². The lowest BCUT2D eigenvalue weighted by molar-refractivity contribution is -0.131. The minimum atomic E-state index is -3.36. The van der Waals surface area contributed by atoms with Gasteiger partial charge in [-0.1, -0.05) is 47.7 Å². The third-order valence-electron chi connectivity index (χ3n) is 7.59. The number of carbonyl (C=O) groups excluding carboxylic acids is 2. The molecule has 2 aliphatic carbocycles. The first-order valence-electron chi connectivity index (χ1n) is 13.9. The number of aryl methyl sites for hydroxylation is 1. The van der Waals surface area contributed by atoms with Crippen molar-refractivity contribution < 1.29 is 32.2 Å². The van der Waals surface area contributed by atoms with Gasteiger partial charge in [0.15, 0.2) is 21.1 Å². The fraction of sp³-hybridized carbons (Fsp3) is 0.281. The Bertz CT molecular complexity index is 1750. The molecule has 9 nitrogen and oxygen atoms in total. The number of anilines is 1. The topological polar surface area (TPSA) is 121 Å². The highest BCUT2D eigenvalue weighted by molar-refractivity contribution is 7.92. The summed E-state index contributed by atoms with van der Waals surface area (Å²) in [5.74, 6) is -0.341. The summed E-state index contributed by atoms with van der Waals surface area (Å²) in [6.07, 6.45) is 3.02. The van der Waals surface area contributed by atoms with Crippen LogP contribution >= 0.6 is 11.3 Å². The maximum absolute atomic E-state index is 13.6. The minimum Gasteiger partial charge on any atom is -0.465 e. The molecule has 1 atom stereocenters. The van der Waals surface area contributed by atoms with Gasteiger partial charge in [-0.05, 0) is 85.2 Å². The number of amides is 1. The second kappa shape index (κ2) is 11.9. The molecule has 6 rings (SSSR count). The molecule has 1 saturated carbocycles. The van der Waals surface area contributed by atoms with E-state index in [2.05, 4.69) is 22.4 Å². The number of sulfone groups is 1. The van der Waals surface area contributed by atoms with Crippen LogP contribution < -0.4 is 10.1 Å². The smallest absolute Gasteiger partial charge is 0.338 e. The molecule has 4 aromatic rings. The van der Waals surface area contributed by atoms with Gasteiger partial charge in [-0.25, -0.2) is 18.2 Å². The minimum absolute atomic E-state index is 0.214. The predicted octanol–water partition coefficient (Wildman–Crippen LogP) is 5.83. The largest absolute Gasteiger partial charge is 0.465 e. The average molecular weight is 619 g/mol. The monoisotopic (exact) mass is 618 g/mol.